The summed E-state index contributed by atoms with van der Waals surface area (Å²) in [6.45, 7) is 4.18. The van der Waals surface area contributed by atoms with E-state index in [-0.39, 0.29) is 11.7 Å². The van der Waals surface area contributed by atoms with E-state index in [1.165, 1.54) is 28.4 Å². The smallest absolute Gasteiger partial charge is 0.305 e. The topological polar surface area (TPSA) is 71.3 Å². The van der Waals surface area contributed by atoms with Crippen LogP contribution in [-0.2, 0) is 5.75 Å². The maximum atomic E-state index is 12.3. The maximum absolute atomic E-state index is 12.3. The Balaban J connectivity index is 1.59. The highest BCUT2D eigenvalue weighted by molar-refractivity contribution is 7.98. The zero-order valence-electron chi connectivity index (χ0n) is 15.1. The first-order chi connectivity index (χ1) is 13.0. The molecular formula is C21H20N2O3S. The van der Waals surface area contributed by atoms with Crippen molar-refractivity contribution in [2.45, 2.75) is 24.5 Å². The highest BCUT2D eigenvalue weighted by Crippen LogP contribution is 2.26. The van der Waals surface area contributed by atoms with Gasteiger partial charge >= 0.3 is 5.91 Å². The summed E-state index contributed by atoms with van der Waals surface area (Å²) in [6, 6.07) is 16.9. The van der Waals surface area contributed by atoms with Gasteiger partial charge in [0, 0.05) is 16.2 Å². The highest BCUT2D eigenvalue weighted by Gasteiger charge is 2.11. The summed E-state index contributed by atoms with van der Waals surface area (Å²) in [7, 11) is 0. The van der Waals surface area contributed by atoms with Crippen molar-refractivity contribution in [2.24, 2.45) is 0 Å². The standard InChI is InChI=1S/C21H20N2O3S/c1-14-8-9-19(15(2)11-14)27-13-16-5-3-6-17(12-16)20(24)22-23-21(25)18-7-4-10-26-18/h3-12H,13H2,1-2H3,(H,22,24)(H,23,25). The quantitative estimate of drug-likeness (QED) is 0.512. The molecule has 0 radical (unpaired) electrons. The fourth-order valence-corrected chi connectivity index (χ4v) is 3.53. The van der Waals surface area contributed by atoms with Gasteiger partial charge in [-0.1, -0.05) is 29.8 Å². The lowest BCUT2D eigenvalue weighted by molar-refractivity contribution is 0.0831. The average molecular weight is 380 g/mol. The summed E-state index contributed by atoms with van der Waals surface area (Å²) in [6.07, 6.45) is 1.40. The number of carbonyl (C=O) groups is 2. The third kappa shape index (κ3) is 5.01. The van der Waals surface area contributed by atoms with Gasteiger partial charge in [0.25, 0.3) is 5.91 Å². The molecule has 0 spiro atoms. The van der Waals surface area contributed by atoms with E-state index < -0.39 is 5.91 Å². The van der Waals surface area contributed by atoms with Gasteiger partial charge in [0.15, 0.2) is 5.76 Å². The van der Waals surface area contributed by atoms with Crippen molar-refractivity contribution in [3.63, 3.8) is 0 Å². The lowest BCUT2D eigenvalue weighted by Crippen LogP contribution is -2.41. The molecule has 2 amide bonds. The Bertz CT molecular complexity index is 952. The van der Waals surface area contributed by atoms with Crippen LogP contribution in [0.2, 0.25) is 0 Å². The Morgan fingerprint density at radius 2 is 1.78 bits per heavy atom. The molecule has 0 saturated carbocycles. The third-order valence-electron chi connectivity index (χ3n) is 3.95. The molecule has 0 aliphatic rings. The van der Waals surface area contributed by atoms with E-state index in [1.54, 1.807) is 23.9 Å². The van der Waals surface area contributed by atoms with Crippen molar-refractivity contribution in [2.75, 3.05) is 0 Å². The van der Waals surface area contributed by atoms with Crippen LogP contribution in [-0.4, -0.2) is 11.8 Å². The first-order valence-corrected chi connectivity index (χ1v) is 9.44. The number of hydrogen-bond acceptors (Lipinski definition) is 4. The van der Waals surface area contributed by atoms with Crippen LogP contribution in [0.25, 0.3) is 0 Å². The molecule has 5 nitrogen and oxygen atoms in total. The molecule has 0 fully saturated rings. The molecule has 0 bridgehead atoms. The molecule has 0 aliphatic heterocycles. The maximum Gasteiger partial charge on any atom is 0.305 e. The van der Waals surface area contributed by atoms with E-state index in [0.29, 0.717) is 5.56 Å². The van der Waals surface area contributed by atoms with Crippen molar-refractivity contribution in [3.8, 4) is 0 Å². The normalized spacial score (nSPS) is 10.4. The molecule has 27 heavy (non-hydrogen) atoms. The fourth-order valence-electron chi connectivity index (χ4n) is 2.58. The van der Waals surface area contributed by atoms with Crippen LogP contribution in [0.5, 0.6) is 0 Å². The number of furan rings is 1. The van der Waals surface area contributed by atoms with Crippen LogP contribution >= 0.6 is 11.8 Å². The number of amides is 2. The van der Waals surface area contributed by atoms with Crippen LogP contribution in [0.1, 0.15) is 37.6 Å². The van der Waals surface area contributed by atoms with Crippen LogP contribution in [0.4, 0.5) is 0 Å². The van der Waals surface area contributed by atoms with Crippen LogP contribution in [0.15, 0.2) is 70.2 Å². The van der Waals surface area contributed by atoms with E-state index >= 15 is 0 Å². The molecule has 0 unspecified atom stereocenters. The summed E-state index contributed by atoms with van der Waals surface area (Å²) in [5.74, 6) is 0.00106. The predicted octanol–water partition coefficient (Wildman–Crippen LogP) is 4.26. The molecule has 0 saturated heterocycles. The number of hydrazine groups is 1. The Labute approximate surface area is 162 Å². The summed E-state index contributed by atoms with van der Waals surface area (Å²) in [5, 5.41) is 0. The van der Waals surface area contributed by atoms with Gasteiger partial charge in [-0.05, 0) is 55.3 Å². The molecule has 2 aromatic carbocycles. The molecule has 138 valence electrons. The van der Waals surface area contributed by atoms with Crippen molar-refractivity contribution in [1.82, 2.24) is 10.9 Å². The first-order valence-electron chi connectivity index (χ1n) is 8.46. The van der Waals surface area contributed by atoms with Crippen LogP contribution in [0.3, 0.4) is 0 Å². The number of aryl methyl sites for hydroxylation is 2. The molecule has 2 N–H and O–H groups in total. The van der Waals surface area contributed by atoms with Gasteiger partial charge in [0.05, 0.1) is 6.26 Å². The van der Waals surface area contributed by atoms with Crippen molar-refractivity contribution < 1.29 is 14.0 Å². The second-order valence-electron chi connectivity index (χ2n) is 6.14. The summed E-state index contributed by atoms with van der Waals surface area (Å²) < 4.78 is 4.98. The van der Waals surface area contributed by atoms with Crippen molar-refractivity contribution >= 4 is 23.6 Å². The Kier molecular flexibility index (Phi) is 5.98. The number of nitrogens with one attached hydrogen (secondary N) is 2. The van der Waals surface area contributed by atoms with E-state index in [9.17, 15) is 9.59 Å². The molecular weight excluding hydrogens is 360 g/mol. The number of hydrogen-bond donors (Lipinski definition) is 2. The SMILES string of the molecule is Cc1ccc(SCc2cccc(C(=O)NNC(=O)c3ccco3)c2)c(C)c1. The summed E-state index contributed by atoms with van der Waals surface area (Å²) in [5.41, 5.74) is 8.73. The largest absolute Gasteiger partial charge is 0.459 e. The number of carbonyl (C=O) groups excluding carboxylic acids is 2. The van der Waals surface area contributed by atoms with Crippen LogP contribution in [0, 0.1) is 13.8 Å². The zero-order valence-corrected chi connectivity index (χ0v) is 15.9. The van der Waals surface area contributed by atoms with E-state index in [0.717, 1.165) is 11.3 Å². The average Bonchev–Trinajstić information content (AvgIpc) is 3.20. The van der Waals surface area contributed by atoms with Gasteiger partial charge in [0.2, 0.25) is 0 Å². The monoisotopic (exact) mass is 380 g/mol. The predicted molar refractivity (Wildman–Crippen MR) is 106 cm³/mol. The number of thioether (sulfide) groups is 1. The molecule has 1 heterocycles. The highest BCUT2D eigenvalue weighted by atomic mass is 32.2. The first kappa shape index (κ1) is 18.8. The summed E-state index contributed by atoms with van der Waals surface area (Å²) >= 11 is 1.73. The minimum absolute atomic E-state index is 0.133. The van der Waals surface area contributed by atoms with Crippen LogP contribution < -0.4 is 10.9 Å². The minimum atomic E-state index is -0.505. The molecule has 1 aromatic heterocycles. The van der Waals surface area contributed by atoms with Gasteiger partial charge in [-0.25, -0.2) is 0 Å². The van der Waals surface area contributed by atoms with Gasteiger partial charge < -0.3 is 4.42 Å². The van der Waals surface area contributed by atoms with E-state index in [2.05, 4.69) is 42.9 Å². The zero-order chi connectivity index (χ0) is 19.2. The number of benzene rings is 2. The van der Waals surface area contributed by atoms with Gasteiger partial charge in [-0.3, -0.25) is 20.4 Å². The lowest BCUT2D eigenvalue weighted by Gasteiger charge is -2.09. The van der Waals surface area contributed by atoms with Gasteiger partial charge in [-0.15, -0.1) is 11.8 Å². The molecule has 3 aromatic rings. The van der Waals surface area contributed by atoms with E-state index in [1.807, 2.05) is 18.2 Å². The Hall–Kier alpha value is -2.99. The molecule has 3 rings (SSSR count). The molecule has 0 aliphatic carbocycles. The minimum Gasteiger partial charge on any atom is -0.459 e. The van der Waals surface area contributed by atoms with Crippen molar-refractivity contribution in [3.05, 3.63) is 88.9 Å². The fraction of sp³-hybridized carbons (Fsp3) is 0.143. The lowest BCUT2D eigenvalue weighted by atomic mass is 10.1. The molecule has 0 atom stereocenters. The second-order valence-corrected chi connectivity index (χ2v) is 7.16. The van der Waals surface area contributed by atoms with Gasteiger partial charge in [-0.2, -0.15) is 0 Å². The Morgan fingerprint density at radius 3 is 2.52 bits per heavy atom. The Morgan fingerprint density at radius 1 is 0.963 bits per heavy atom. The van der Waals surface area contributed by atoms with E-state index in [4.69, 9.17) is 4.42 Å². The van der Waals surface area contributed by atoms with Crippen molar-refractivity contribution in [1.29, 1.82) is 0 Å². The van der Waals surface area contributed by atoms with Gasteiger partial charge in [0.1, 0.15) is 0 Å². The summed E-state index contributed by atoms with van der Waals surface area (Å²) in [4.78, 5) is 25.3. The second kappa shape index (κ2) is 8.60. The third-order valence-corrected chi connectivity index (χ3v) is 5.20. The number of rotatable bonds is 5. The molecule has 6 heteroatoms.